The quantitative estimate of drug-likeness (QED) is 0.406. The summed E-state index contributed by atoms with van der Waals surface area (Å²) in [5.74, 6) is 0.610. The van der Waals surface area contributed by atoms with E-state index in [4.69, 9.17) is 4.98 Å². The average Bonchev–Trinajstić information content (AvgIpc) is 3.16. The summed E-state index contributed by atoms with van der Waals surface area (Å²) in [5, 5.41) is 16.4. The lowest BCUT2D eigenvalue weighted by molar-refractivity contribution is 0.112. The van der Waals surface area contributed by atoms with Crippen LogP contribution in [0.1, 0.15) is 38.6 Å². The zero-order valence-corrected chi connectivity index (χ0v) is 18.7. The van der Waals surface area contributed by atoms with Gasteiger partial charge >= 0.3 is 0 Å². The van der Waals surface area contributed by atoms with E-state index in [9.17, 15) is 9.50 Å². The van der Waals surface area contributed by atoms with Gasteiger partial charge in [0.05, 0.1) is 24.0 Å². The monoisotopic (exact) mass is 448 g/mol. The fourth-order valence-electron chi connectivity index (χ4n) is 4.20. The number of aromatic nitrogens is 4. The smallest absolute Gasteiger partial charge is 0.225 e. The molecule has 0 radical (unpaired) electrons. The summed E-state index contributed by atoms with van der Waals surface area (Å²) >= 11 is 0. The normalized spacial score (nSPS) is 19.8. The molecule has 33 heavy (non-hydrogen) atoms. The van der Waals surface area contributed by atoms with Crippen LogP contribution in [0.15, 0.2) is 67.4 Å². The van der Waals surface area contributed by atoms with Crippen LogP contribution in [0.25, 0.3) is 11.2 Å². The van der Waals surface area contributed by atoms with Crippen LogP contribution >= 0.6 is 0 Å². The molecule has 0 saturated heterocycles. The number of anilines is 3. The molecule has 7 nitrogen and oxygen atoms in total. The average molecular weight is 449 g/mol. The summed E-state index contributed by atoms with van der Waals surface area (Å²) in [6, 6.07) is 6.50. The largest absolute Gasteiger partial charge is 0.393 e. The molecular weight excluding hydrogens is 419 g/mol. The van der Waals surface area contributed by atoms with Crippen molar-refractivity contribution in [2.45, 2.75) is 50.8 Å². The van der Waals surface area contributed by atoms with Gasteiger partial charge in [-0.05, 0) is 50.3 Å². The first-order valence-corrected chi connectivity index (χ1v) is 11.2. The molecule has 8 heteroatoms. The van der Waals surface area contributed by atoms with Gasteiger partial charge in [-0.25, -0.2) is 14.4 Å². The molecule has 1 aromatic carbocycles. The van der Waals surface area contributed by atoms with Crippen molar-refractivity contribution in [2.75, 3.05) is 10.6 Å². The fourth-order valence-corrected chi connectivity index (χ4v) is 4.20. The molecule has 0 bridgehead atoms. The minimum Gasteiger partial charge on any atom is -0.393 e. The van der Waals surface area contributed by atoms with Crippen molar-refractivity contribution in [3.63, 3.8) is 0 Å². The second-order valence-electron chi connectivity index (χ2n) is 8.25. The molecule has 1 aliphatic carbocycles. The summed E-state index contributed by atoms with van der Waals surface area (Å²) in [6.07, 6.45) is 9.71. The van der Waals surface area contributed by atoms with Gasteiger partial charge < -0.3 is 15.7 Å². The highest BCUT2D eigenvalue weighted by Crippen LogP contribution is 2.35. The number of hydrogen-bond donors (Lipinski definition) is 3. The number of aliphatic hydroxyl groups excluding tert-OH is 1. The molecule has 0 aliphatic heterocycles. The molecule has 3 aromatic rings. The highest BCUT2D eigenvalue weighted by Gasteiger charge is 2.26. The van der Waals surface area contributed by atoms with E-state index in [-0.39, 0.29) is 24.0 Å². The van der Waals surface area contributed by atoms with Crippen LogP contribution in [-0.4, -0.2) is 36.8 Å². The molecule has 0 amide bonds. The van der Waals surface area contributed by atoms with Gasteiger partial charge in [-0.2, -0.15) is 4.98 Å². The third-order valence-electron chi connectivity index (χ3n) is 5.98. The van der Waals surface area contributed by atoms with Crippen LogP contribution < -0.4 is 10.6 Å². The Bertz CT molecular complexity index is 1180. The Morgan fingerprint density at radius 1 is 1.21 bits per heavy atom. The predicted molar refractivity (Wildman–Crippen MR) is 130 cm³/mol. The molecular formula is C25H29FN6O. The Labute approximate surface area is 192 Å². The zero-order chi connectivity index (χ0) is 23.4. The zero-order valence-electron chi connectivity index (χ0n) is 18.7. The number of halogens is 1. The second kappa shape index (κ2) is 9.95. The SMILES string of the molecule is C=C/C=C(\C=C)C(C)Nc1ncc2nc(Nc3ccccc3F)n(C3CCC(O)CC3)c2n1. The van der Waals surface area contributed by atoms with E-state index in [1.165, 1.54) is 6.07 Å². The number of fused-ring (bicyclic) bond motifs is 1. The molecule has 172 valence electrons. The lowest BCUT2D eigenvalue weighted by Crippen LogP contribution is -2.22. The molecule has 1 fully saturated rings. The van der Waals surface area contributed by atoms with Gasteiger partial charge in [0.2, 0.25) is 11.9 Å². The van der Waals surface area contributed by atoms with Gasteiger partial charge in [-0.15, -0.1) is 0 Å². The number of benzene rings is 1. The Balaban J connectivity index is 1.73. The Morgan fingerprint density at radius 3 is 2.67 bits per heavy atom. The second-order valence-corrected chi connectivity index (χ2v) is 8.25. The van der Waals surface area contributed by atoms with Crippen LogP contribution in [0, 0.1) is 5.82 Å². The molecule has 1 unspecified atom stereocenters. The number of para-hydroxylation sites is 1. The number of rotatable bonds is 8. The number of allylic oxidation sites excluding steroid dienone is 2. The first-order chi connectivity index (χ1) is 16.0. The Hall–Kier alpha value is -3.52. The van der Waals surface area contributed by atoms with Crippen molar-refractivity contribution >= 4 is 28.7 Å². The number of aliphatic hydroxyl groups is 1. The van der Waals surface area contributed by atoms with Crippen molar-refractivity contribution in [3.8, 4) is 0 Å². The number of nitrogens with zero attached hydrogens (tertiary/aromatic N) is 4. The lowest BCUT2D eigenvalue weighted by atomic mass is 9.93. The van der Waals surface area contributed by atoms with E-state index < -0.39 is 0 Å². The van der Waals surface area contributed by atoms with E-state index in [1.54, 1.807) is 36.5 Å². The van der Waals surface area contributed by atoms with Gasteiger partial charge in [0.15, 0.2) is 5.65 Å². The third-order valence-corrected chi connectivity index (χ3v) is 5.98. The lowest BCUT2D eigenvalue weighted by Gasteiger charge is -2.28. The molecule has 3 N–H and O–H groups in total. The summed E-state index contributed by atoms with van der Waals surface area (Å²) in [4.78, 5) is 13.9. The number of hydrogen-bond acceptors (Lipinski definition) is 6. The van der Waals surface area contributed by atoms with Gasteiger partial charge in [0, 0.05) is 6.04 Å². The van der Waals surface area contributed by atoms with E-state index in [0.717, 1.165) is 18.4 Å². The summed E-state index contributed by atoms with van der Waals surface area (Å²) < 4.78 is 16.4. The minimum absolute atomic E-state index is 0.0739. The highest BCUT2D eigenvalue weighted by molar-refractivity contribution is 5.76. The van der Waals surface area contributed by atoms with Crippen molar-refractivity contribution in [2.24, 2.45) is 0 Å². The van der Waals surface area contributed by atoms with Crippen molar-refractivity contribution in [3.05, 3.63) is 73.2 Å². The number of imidazole rings is 1. The van der Waals surface area contributed by atoms with Crippen LogP contribution in [-0.2, 0) is 0 Å². The van der Waals surface area contributed by atoms with Crippen LogP contribution in [0.3, 0.4) is 0 Å². The maximum absolute atomic E-state index is 14.3. The highest BCUT2D eigenvalue weighted by atomic mass is 19.1. The van der Waals surface area contributed by atoms with Gasteiger partial charge in [-0.1, -0.05) is 43.5 Å². The van der Waals surface area contributed by atoms with Crippen LogP contribution in [0.4, 0.5) is 22.0 Å². The van der Waals surface area contributed by atoms with E-state index in [2.05, 4.69) is 33.8 Å². The molecule has 0 spiro atoms. The minimum atomic E-state index is -0.358. The molecule has 2 heterocycles. The molecule has 2 aromatic heterocycles. The van der Waals surface area contributed by atoms with Crippen molar-refractivity contribution in [1.82, 2.24) is 19.5 Å². The standard InChI is InChI=1S/C25H29FN6O/c1-4-8-17(5-2)16(3)28-24-27-15-22-23(31-24)32(18-11-13-19(33)14-12-18)25(30-22)29-21-10-7-6-9-20(21)26/h4-10,15-16,18-19,33H,1-2,11-14H2,3H3,(H,29,30)(H,27,28,31)/b17-8+. The van der Waals surface area contributed by atoms with Crippen LogP contribution in [0.2, 0.25) is 0 Å². The maximum atomic E-state index is 14.3. The van der Waals surface area contributed by atoms with Crippen molar-refractivity contribution in [1.29, 1.82) is 0 Å². The molecule has 1 saturated carbocycles. The summed E-state index contributed by atoms with van der Waals surface area (Å²) in [5.41, 5.74) is 2.58. The van der Waals surface area contributed by atoms with Gasteiger partial charge in [-0.3, -0.25) is 4.57 Å². The first-order valence-electron chi connectivity index (χ1n) is 11.2. The van der Waals surface area contributed by atoms with E-state index in [1.807, 2.05) is 17.6 Å². The van der Waals surface area contributed by atoms with E-state index in [0.29, 0.717) is 41.6 Å². The van der Waals surface area contributed by atoms with Crippen LogP contribution in [0.5, 0.6) is 0 Å². The molecule has 1 aliphatic rings. The fraction of sp³-hybridized carbons (Fsp3) is 0.320. The van der Waals surface area contributed by atoms with E-state index >= 15 is 0 Å². The Morgan fingerprint density at radius 2 is 1.97 bits per heavy atom. The number of nitrogens with one attached hydrogen (secondary N) is 2. The first kappa shape index (κ1) is 22.7. The summed E-state index contributed by atoms with van der Waals surface area (Å²) in [7, 11) is 0. The topological polar surface area (TPSA) is 87.9 Å². The summed E-state index contributed by atoms with van der Waals surface area (Å²) in [6.45, 7) is 9.59. The van der Waals surface area contributed by atoms with Crippen molar-refractivity contribution < 1.29 is 9.50 Å². The van der Waals surface area contributed by atoms with Gasteiger partial charge in [0.1, 0.15) is 11.3 Å². The van der Waals surface area contributed by atoms with Gasteiger partial charge in [0.25, 0.3) is 0 Å². The third kappa shape index (κ3) is 4.96. The maximum Gasteiger partial charge on any atom is 0.225 e. The Kier molecular flexibility index (Phi) is 6.84. The predicted octanol–water partition coefficient (Wildman–Crippen LogP) is 5.28. The molecule has 1 atom stereocenters. The molecule has 4 rings (SSSR count).